The van der Waals surface area contributed by atoms with Gasteiger partial charge in [-0.05, 0) is 24.8 Å². The predicted octanol–water partition coefficient (Wildman–Crippen LogP) is 1.15. The summed E-state index contributed by atoms with van der Waals surface area (Å²) in [4.78, 5) is 11.3. The standard InChI is InChI=1S/C12H26N2O2/c1-10(2)9-16-6-4-5-14-12(15)7-11(3)8-13/h10-11H,4-9,13H2,1-3H3,(H,14,15). The summed E-state index contributed by atoms with van der Waals surface area (Å²) in [5, 5.41) is 2.86. The molecule has 0 rings (SSSR count). The molecule has 0 aromatic carbocycles. The lowest BCUT2D eigenvalue weighted by atomic mass is 10.1. The quantitative estimate of drug-likeness (QED) is 0.584. The average molecular weight is 230 g/mol. The molecule has 0 aliphatic heterocycles. The zero-order valence-corrected chi connectivity index (χ0v) is 10.8. The molecule has 0 spiro atoms. The Labute approximate surface area is 98.9 Å². The maximum Gasteiger partial charge on any atom is 0.220 e. The second-order valence-corrected chi connectivity index (χ2v) is 4.72. The molecule has 0 aliphatic rings. The molecule has 0 radical (unpaired) electrons. The minimum absolute atomic E-state index is 0.0850. The van der Waals surface area contributed by atoms with Gasteiger partial charge in [0.1, 0.15) is 0 Å². The monoisotopic (exact) mass is 230 g/mol. The van der Waals surface area contributed by atoms with Crippen molar-refractivity contribution < 1.29 is 9.53 Å². The zero-order valence-electron chi connectivity index (χ0n) is 10.8. The predicted molar refractivity (Wildman–Crippen MR) is 66.1 cm³/mol. The molecule has 16 heavy (non-hydrogen) atoms. The summed E-state index contributed by atoms with van der Waals surface area (Å²) in [6.07, 6.45) is 1.39. The topological polar surface area (TPSA) is 64.3 Å². The van der Waals surface area contributed by atoms with Gasteiger partial charge in [-0.25, -0.2) is 0 Å². The molecular formula is C12H26N2O2. The van der Waals surface area contributed by atoms with Crippen LogP contribution in [0, 0.1) is 11.8 Å². The number of carbonyl (C=O) groups excluding carboxylic acids is 1. The van der Waals surface area contributed by atoms with Crippen molar-refractivity contribution in [1.29, 1.82) is 0 Å². The maximum atomic E-state index is 11.3. The van der Waals surface area contributed by atoms with Crippen LogP contribution >= 0.6 is 0 Å². The Balaban J connectivity index is 3.28. The van der Waals surface area contributed by atoms with E-state index in [0.717, 1.165) is 13.0 Å². The number of nitrogens with two attached hydrogens (primary N) is 1. The van der Waals surface area contributed by atoms with Crippen molar-refractivity contribution >= 4 is 5.91 Å². The van der Waals surface area contributed by atoms with Gasteiger partial charge in [-0.1, -0.05) is 20.8 Å². The molecule has 0 aromatic heterocycles. The summed E-state index contributed by atoms with van der Waals surface area (Å²) in [5.74, 6) is 0.916. The highest BCUT2D eigenvalue weighted by molar-refractivity contribution is 5.76. The van der Waals surface area contributed by atoms with Gasteiger partial charge in [-0.15, -0.1) is 0 Å². The molecule has 1 unspecified atom stereocenters. The van der Waals surface area contributed by atoms with Gasteiger partial charge in [0, 0.05) is 26.2 Å². The van der Waals surface area contributed by atoms with Gasteiger partial charge in [0.05, 0.1) is 0 Å². The Hall–Kier alpha value is -0.610. The van der Waals surface area contributed by atoms with Crippen molar-refractivity contribution in [3.63, 3.8) is 0 Å². The third-order valence-corrected chi connectivity index (χ3v) is 2.18. The Kier molecular flexibility index (Phi) is 9.24. The molecule has 4 heteroatoms. The maximum absolute atomic E-state index is 11.3. The molecule has 0 fully saturated rings. The number of carbonyl (C=O) groups is 1. The first-order valence-corrected chi connectivity index (χ1v) is 6.10. The summed E-state index contributed by atoms with van der Waals surface area (Å²) in [6, 6.07) is 0. The number of amides is 1. The summed E-state index contributed by atoms with van der Waals surface area (Å²) >= 11 is 0. The Bertz CT molecular complexity index is 184. The average Bonchev–Trinajstić information content (AvgIpc) is 2.22. The number of ether oxygens (including phenoxy) is 1. The van der Waals surface area contributed by atoms with Crippen LogP contribution in [0.2, 0.25) is 0 Å². The van der Waals surface area contributed by atoms with Crippen LogP contribution in [0.3, 0.4) is 0 Å². The third kappa shape index (κ3) is 9.93. The normalized spacial score (nSPS) is 12.8. The van der Waals surface area contributed by atoms with E-state index in [0.29, 0.717) is 32.0 Å². The van der Waals surface area contributed by atoms with Gasteiger partial charge in [0.15, 0.2) is 0 Å². The van der Waals surface area contributed by atoms with Gasteiger partial charge in [0.25, 0.3) is 0 Å². The van der Waals surface area contributed by atoms with E-state index >= 15 is 0 Å². The second kappa shape index (κ2) is 9.60. The van der Waals surface area contributed by atoms with E-state index in [9.17, 15) is 4.79 Å². The van der Waals surface area contributed by atoms with Crippen LogP contribution < -0.4 is 11.1 Å². The first kappa shape index (κ1) is 15.4. The fourth-order valence-electron chi connectivity index (χ4n) is 1.19. The highest BCUT2D eigenvalue weighted by atomic mass is 16.5. The SMILES string of the molecule is CC(C)COCCCNC(=O)CC(C)CN. The number of hydrogen-bond donors (Lipinski definition) is 2. The minimum Gasteiger partial charge on any atom is -0.381 e. The molecule has 0 saturated carbocycles. The summed E-state index contributed by atoms with van der Waals surface area (Å²) < 4.78 is 5.41. The Morgan fingerprint density at radius 1 is 1.38 bits per heavy atom. The van der Waals surface area contributed by atoms with Gasteiger partial charge in [0.2, 0.25) is 5.91 Å². The van der Waals surface area contributed by atoms with Crippen molar-refractivity contribution in [2.24, 2.45) is 17.6 Å². The highest BCUT2D eigenvalue weighted by Gasteiger charge is 2.06. The molecular weight excluding hydrogens is 204 g/mol. The Morgan fingerprint density at radius 2 is 2.06 bits per heavy atom. The van der Waals surface area contributed by atoms with E-state index in [-0.39, 0.29) is 11.8 Å². The van der Waals surface area contributed by atoms with Crippen LogP contribution in [-0.4, -0.2) is 32.2 Å². The van der Waals surface area contributed by atoms with Crippen molar-refractivity contribution in [3.8, 4) is 0 Å². The molecule has 4 nitrogen and oxygen atoms in total. The first-order valence-electron chi connectivity index (χ1n) is 6.10. The van der Waals surface area contributed by atoms with E-state index in [1.54, 1.807) is 0 Å². The van der Waals surface area contributed by atoms with Gasteiger partial charge in [-0.2, -0.15) is 0 Å². The molecule has 0 aliphatic carbocycles. The van der Waals surface area contributed by atoms with Gasteiger partial charge < -0.3 is 15.8 Å². The lowest BCUT2D eigenvalue weighted by molar-refractivity contribution is -0.121. The number of nitrogens with one attached hydrogen (secondary N) is 1. The smallest absolute Gasteiger partial charge is 0.220 e. The van der Waals surface area contributed by atoms with E-state index < -0.39 is 0 Å². The van der Waals surface area contributed by atoms with Crippen molar-refractivity contribution in [2.75, 3.05) is 26.3 Å². The second-order valence-electron chi connectivity index (χ2n) is 4.72. The van der Waals surface area contributed by atoms with Crippen LogP contribution in [0.4, 0.5) is 0 Å². The molecule has 3 N–H and O–H groups in total. The van der Waals surface area contributed by atoms with Crippen molar-refractivity contribution in [1.82, 2.24) is 5.32 Å². The van der Waals surface area contributed by atoms with E-state index in [2.05, 4.69) is 19.2 Å². The van der Waals surface area contributed by atoms with Gasteiger partial charge >= 0.3 is 0 Å². The molecule has 0 heterocycles. The molecule has 96 valence electrons. The van der Waals surface area contributed by atoms with Crippen molar-refractivity contribution in [2.45, 2.75) is 33.6 Å². The van der Waals surface area contributed by atoms with Crippen LogP contribution in [0.25, 0.3) is 0 Å². The van der Waals surface area contributed by atoms with Crippen molar-refractivity contribution in [3.05, 3.63) is 0 Å². The molecule has 1 amide bonds. The Morgan fingerprint density at radius 3 is 2.62 bits per heavy atom. The van der Waals surface area contributed by atoms with E-state index in [1.165, 1.54) is 0 Å². The number of rotatable bonds is 9. The lowest BCUT2D eigenvalue weighted by Gasteiger charge is -2.10. The minimum atomic E-state index is 0.0850. The lowest BCUT2D eigenvalue weighted by Crippen LogP contribution is -2.28. The molecule has 0 bridgehead atoms. The summed E-state index contributed by atoms with van der Waals surface area (Å²) in [7, 11) is 0. The zero-order chi connectivity index (χ0) is 12.4. The largest absolute Gasteiger partial charge is 0.381 e. The van der Waals surface area contributed by atoms with E-state index in [1.807, 2.05) is 6.92 Å². The van der Waals surface area contributed by atoms with Crippen LogP contribution in [0.5, 0.6) is 0 Å². The highest BCUT2D eigenvalue weighted by Crippen LogP contribution is 1.98. The van der Waals surface area contributed by atoms with Crippen LogP contribution in [0.15, 0.2) is 0 Å². The van der Waals surface area contributed by atoms with Gasteiger partial charge in [-0.3, -0.25) is 4.79 Å². The molecule has 1 atom stereocenters. The molecule has 0 aromatic rings. The third-order valence-electron chi connectivity index (χ3n) is 2.18. The first-order chi connectivity index (χ1) is 7.56. The number of hydrogen-bond acceptors (Lipinski definition) is 3. The summed E-state index contributed by atoms with van der Waals surface area (Å²) in [6.45, 7) is 8.97. The summed E-state index contributed by atoms with van der Waals surface area (Å²) in [5.41, 5.74) is 5.44. The fraction of sp³-hybridized carbons (Fsp3) is 0.917. The van der Waals surface area contributed by atoms with Crippen LogP contribution in [0.1, 0.15) is 33.6 Å². The fourth-order valence-corrected chi connectivity index (χ4v) is 1.19. The van der Waals surface area contributed by atoms with E-state index in [4.69, 9.17) is 10.5 Å². The molecule has 0 saturated heterocycles. The van der Waals surface area contributed by atoms with Crippen LogP contribution in [-0.2, 0) is 9.53 Å².